The Morgan fingerprint density at radius 3 is 2.47 bits per heavy atom. The van der Waals surface area contributed by atoms with Crippen LogP contribution in [0.25, 0.3) is 10.2 Å². The van der Waals surface area contributed by atoms with Crippen LogP contribution in [-0.4, -0.2) is 45.8 Å². The van der Waals surface area contributed by atoms with Gasteiger partial charge in [-0.05, 0) is 74.5 Å². The highest BCUT2D eigenvalue weighted by molar-refractivity contribution is 7.92. The van der Waals surface area contributed by atoms with E-state index in [-0.39, 0.29) is 16.1 Å². The van der Waals surface area contributed by atoms with E-state index in [4.69, 9.17) is 14.2 Å². The molecule has 11 heteroatoms. The van der Waals surface area contributed by atoms with E-state index in [2.05, 4.69) is 9.71 Å². The number of aromatic nitrogens is 1. The van der Waals surface area contributed by atoms with Crippen LogP contribution in [0.15, 0.2) is 76.6 Å². The van der Waals surface area contributed by atoms with Crippen LogP contribution >= 0.6 is 11.3 Å². The number of anilines is 1. The fraction of sp³-hybridized carbons (Fsp3) is 0.259. The molecule has 0 fully saturated rings. The van der Waals surface area contributed by atoms with Gasteiger partial charge in [0.25, 0.3) is 15.9 Å². The molecule has 1 N–H and O–H groups in total. The zero-order chi connectivity index (χ0) is 27.1. The number of amides is 1. The second-order valence-electron chi connectivity index (χ2n) is 8.07. The molecular weight excluding hydrogens is 526 g/mol. The number of nitrogens with one attached hydrogen (secondary N) is 1. The van der Waals surface area contributed by atoms with Crippen LogP contribution in [0.2, 0.25) is 0 Å². The van der Waals surface area contributed by atoms with Gasteiger partial charge in [0.05, 0.1) is 35.4 Å². The number of hydrogen-bond acceptors (Lipinski definition) is 7. The second-order valence-corrected chi connectivity index (χ2v) is 10.8. The molecule has 0 bridgehead atoms. The standard InChI is InChI=1S/C27H29N3O6S2/c1-4-35-16-15-30-24-14-11-22(36-5-2)18-25(24)37-27(30)28-26(31)19-7-6-8-20(17-19)29-38(32,33)23-12-9-21(34-3)10-13-23/h6-14,17-18,29H,4-5,15-16H2,1-3H3. The number of carbonyl (C=O) groups excluding carboxylic acids is 1. The maximum absolute atomic E-state index is 13.2. The number of benzene rings is 3. The van der Waals surface area contributed by atoms with Crippen LogP contribution in [0.4, 0.5) is 5.69 Å². The Hall–Kier alpha value is -3.67. The summed E-state index contributed by atoms with van der Waals surface area (Å²) < 4.78 is 47.3. The van der Waals surface area contributed by atoms with E-state index in [0.717, 1.165) is 16.0 Å². The van der Waals surface area contributed by atoms with Crippen molar-refractivity contribution in [2.45, 2.75) is 25.3 Å². The Morgan fingerprint density at radius 2 is 1.76 bits per heavy atom. The molecule has 9 nitrogen and oxygen atoms in total. The third-order valence-corrected chi connectivity index (χ3v) is 8.00. The van der Waals surface area contributed by atoms with Crippen molar-refractivity contribution in [1.29, 1.82) is 0 Å². The third kappa shape index (κ3) is 6.42. The number of ether oxygens (including phenoxy) is 3. The van der Waals surface area contributed by atoms with Crippen molar-refractivity contribution >= 4 is 43.2 Å². The molecule has 4 aromatic rings. The molecule has 0 saturated carbocycles. The van der Waals surface area contributed by atoms with Crippen molar-refractivity contribution in [2.24, 2.45) is 4.99 Å². The summed E-state index contributed by atoms with van der Waals surface area (Å²) in [5.74, 6) is 0.803. The number of nitrogens with zero attached hydrogens (tertiary/aromatic N) is 2. The zero-order valence-corrected chi connectivity index (χ0v) is 23.0. The van der Waals surface area contributed by atoms with E-state index in [1.807, 2.05) is 36.6 Å². The molecule has 1 amide bonds. The summed E-state index contributed by atoms with van der Waals surface area (Å²) in [6, 6.07) is 18.0. The summed E-state index contributed by atoms with van der Waals surface area (Å²) >= 11 is 1.38. The van der Waals surface area contributed by atoms with Gasteiger partial charge in [0, 0.05) is 24.4 Å². The third-order valence-electron chi connectivity index (χ3n) is 5.56. The first-order valence-corrected chi connectivity index (χ1v) is 14.3. The van der Waals surface area contributed by atoms with Crippen LogP contribution < -0.4 is 19.0 Å². The molecule has 0 unspecified atom stereocenters. The van der Waals surface area contributed by atoms with Gasteiger partial charge >= 0.3 is 0 Å². The molecule has 1 heterocycles. The molecule has 200 valence electrons. The average molecular weight is 556 g/mol. The van der Waals surface area contributed by atoms with Gasteiger partial charge in [-0.25, -0.2) is 8.42 Å². The van der Waals surface area contributed by atoms with E-state index < -0.39 is 15.9 Å². The van der Waals surface area contributed by atoms with E-state index in [0.29, 0.717) is 36.9 Å². The van der Waals surface area contributed by atoms with Crippen molar-refractivity contribution in [3.05, 3.63) is 77.1 Å². The number of sulfonamides is 1. The fourth-order valence-electron chi connectivity index (χ4n) is 3.75. The van der Waals surface area contributed by atoms with Crippen LogP contribution in [0.3, 0.4) is 0 Å². The lowest BCUT2D eigenvalue weighted by Gasteiger charge is -2.09. The lowest BCUT2D eigenvalue weighted by atomic mass is 10.2. The molecule has 0 aliphatic carbocycles. The van der Waals surface area contributed by atoms with Crippen molar-refractivity contribution in [3.8, 4) is 11.5 Å². The molecule has 1 aromatic heterocycles. The van der Waals surface area contributed by atoms with Crippen LogP contribution in [0.1, 0.15) is 24.2 Å². The first-order valence-electron chi connectivity index (χ1n) is 12.0. The van der Waals surface area contributed by atoms with Crippen molar-refractivity contribution < 1.29 is 27.4 Å². The van der Waals surface area contributed by atoms with Crippen LogP contribution in [0.5, 0.6) is 11.5 Å². The predicted molar refractivity (Wildman–Crippen MR) is 148 cm³/mol. The summed E-state index contributed by atoms with van der Waals surface area (Å²) in [5.41, 5.74) is 1.43. The predicted octanol–water partition coefficient (Wildman–Crippen LogP) is 4.69. The lowest BCUT2D eigenvalue weighted by molar-refractivity contribution is 0.0996. The number of rotatable bonds is 11. The Morgan fingerprint density at radius 1 is 1.00 bits per heavy atom. The largest absolute Gasteiger partial charge is 0.497 e. The van der Waals surface area contributed by atoms with Gasteiger partial charge in [-0.1, -0.05) is 17.4 Å². The topological polar surface area (TPSA) is 108 Å². The molecule has 0 aliphatic heterocycles. The molecule has 0 atom stereocenters. The summed E-state index contributed by atoms with van der Waals surface area (Å²) in [6.07, 6.45) is 0. The van der Waals surface area contributed by atoms with E-state index >= 15 is 0 Å². The number of methoxy groups -OCH3 is 1. The first kappa shape index (κ1) is 27.4. The lowest BCUT2D eigenvalue weighted by Crippen LogP contribution is -2.20. The number of hydrogen-bond donors (Lipinski definition) is 1. The molecule has 4 rings (SSSR count). The monoisotopic (exact) mass is 555 g/mol. The Balaban J connectivity index is 1.64. The van der Waals surface area contributed by atoms with Crippen LogP contribution in [0, 0.1) is 0 Å². The minimum absolute atomic E-state index is 0.0757. The molecule has 38 heavy (non-hydrogen) atoms. The molecular formula is C27H29N3O6S2. The quantitative estimate of drug-likeness (QED) is 0.269. The molecule has 3 aromatic carbocycles. The fourth-order valence-corrected chi connectivity index (χ4v) is 5.88. The van der Waals surface area contributed by atoms with Crippen molar-refractivity contribution in [3.63, 3.8) is 0 Å². The van der Waals surface area contributed by atoms with Gasteiger partial charge in [-0.2, -0.15) is 4.99 Å². The molecule has 0 saturated heterocycles. The maximum Gasteiger partial charge on any atom is 0.279 e. The minimum Gasteiger partial charge on any atom is -0.497 e. The highest BCUT2D eigenvalue weighted by Crippen LogP contribution is 2.24. The first-order chi connectivity index (χ1) is 18.3. The number of fused-ring (bicyclic) bond motifs is 1. The smallest absolute Gasteiger partial charge is 0.279 e. The van der Waals surface area contributed by atoms with Gasteiger partial charge in [0.1, 0.15) is 11.5 Å². The summed E-state index contributed by atoms with van der Waals surface area (Å²) in [5, 5.41) is 0. The normalized spacial score (nSPS) is 12.0. The Kier molecular flexibility index (Phi) is 8.82. The van der Waals surface area contributed by atoms with Crippen LogP contribution in [-0.2, 0) is 21.3 Å². The Labute approximate surface area is 225 Å². The highest BCUT2D eigenvalue weighted by atomic mass is 32.2. The van der Waals surface area contributed by atoms with E-state index in [9.17, 15) is 13.2 Å². The Bertz CT molecular complexity index is 1590. The summed E-state index contributed by atoms with van der Waals surface area (Å²) in [4.78, 5) is 18.2. The summed E-state index contributed by atoms with van der Waals surface area (Å²) in [6.45, 7) is 5.98. The SMILES string of the molecule is CCOCCn1c(=NC(=O)c2cccc(NS(=O)(=O)c3ccc(OC)cc3)c2)sc2cc(OCC)ccc21. The minimum atomic E-state index is -3.86. The molecule has 0 radical (unpaired) electrons. The highest BCUT2D eigenvalue weighted by Gasteiger charge is 2.16. The van der Waals surface area contributed by atoms with Gasteiger partial charge in [0.2, 0.25) is 0 Å². The van der Waals surface area contributed by atoms with Gasteiger partial charge < -0.3 is 18.8 Å². The van der Waals surface area contributed by atoms with Gasteiger partial charge in [-0.15, -0.1) is 0 Å². The maximum atomic E-state index is 13.2. The average Bonchev–Trinajstić information content (AvgIpc) is 3.25. The second kappa shape index (κ2) is 12.2. The molecule has 0 spiro atoms. The van der Waals surface area contributed by atoms with E-state index in [1.54, 1.807) is 30.3 Å². The zero-order valence-electron chi connectivity index (χ0n) is 21.3. The van der Waals surface area contributed by atoms with Gasteiger partial charge in [-0.3, -0.25) is 9.52 Å². The van der Waals surface area contributed by atoms with Gasteiger partial charge in [0.15, 0.2) is 4.80 Å². The van der Waals surface area contributed by atoms with Crippen molar-refractivity contribution in [1.82, 2.24) is 4.57 Å². The molecule has 0 aliphatic rings. The number of thiazole rings is 1. The van der Waals surface area contributed by atoms with E-state index in [1.165, 1.54) is 36.6 Å². The number of carbonyl (C=O) groups is 1. The summed E-state index contributed by atoms with van der Waals surface area (Å²) in [7, 11) is -2.35. The van der Waals surface area contributed by atoms with Crippen molar-refractivity contribution in [2.75, 3.05) is 31.7 Å².